The van der Waals surface area contributed by atoms with Crippen molar-refractivity contribution in [1.82, 2.24) is 0 Å². The van der Waals surface area contributed by atoms with E-state index in [1.807, 2.05) is 13.0 Å². The van der Waals surface area contributed by atoms with Gasteiger partial charge in [-0.25, -0.2) is 0 Å². The number of hydrogen-bond donors (Lipinski definition) is 0. The SMILES string of the molecule is CC=C[C@@H]1C(C=O)C1(C)C. The zero-order chi connectivity index (χ0) is 7.78. The summed E-state index contributed by atoms with van der Waals surface area (Å²) in [5.41, 5.74) is 0.230. The fourth-order valence-corrected chi connectivity index (χ4v) is 1.55. The molecule has 1 rings (SSSR count). The summed E-state index contributed by atoms with van der Waals surface area (Å²) in [6.45, 7) is 6.27. The van der Waals surface area contributed by atoms with Gasteiger partial charge in [-0.05, 0) is 18.3 Å². The van der Waals surface area contributed by atoms with Crippen LogP contribution in [-0.4, -0.2) is 6.29 Å². The number of rotatable bonds is 2. The van der Waals surface area contributed by atoms with Crippen LogP contribution in [0.15, 0.2) is 12.2 Å². The summed E-state index contributed by atoms with van der Waals surface area (Å²) in [4.78, 5) is 10.4. The van der Waals surface area contributed by atoms with Crippen LogP contribution in [0, 0.1) is 17.3 Å². The highest BCUT2D eigenvalue weighted by Crippen LogP contribution is 2.57. The van der Waals surface area contributed by atoms with Gasteiger partial charge in [-0.1, -0.05) is 26.0 Å². The van der Waals surface area contributed by atoms with E-state index < -0.39 is 0 Å². The zero-order valence-electron chi connectivity index (χ0n) is 6.79. The highest BCUT2D eigenvalue weighted by Gasteiger charge is 2.55. The van der Waals surface area contributed by atoms with E-state index in [9.17, 15) is 4.79 Å². The van der Waals surface area contributed by atoms with Crippen molar-refractivity contribution in [2.75, 3.05) is 0 Å². The molecule has 1 fully saturated rings. The van der Waals surface area contributed by atoms with Crippen LogP contribution >= 0.6 is 0 Å². The molecule has 2 atom stereocenters. The number of allylic oxidation sites excluding steroid dienone is 2. The molecule has 0 radical (unpaired) electrons. The molecule has 0 aliphatic heterocycles. The summed E-state index contributed by atoms with van der Waals surface area (Å²) in [5.74, 6) is 0.763. The summed E-state index contributed by atoms with van der Waals surface area (Å²) < 4.78 is 0. The van der Waals surface area contributed by atoms with Gasteiger partial charge in [-0.2, -0.15) is 0 Å². The number of carbonyl (C=O) groups excluding carboxylic acids is 1. The van der Waals surface area contributed by atoms with Crippen molar-refractivity contribution in [1.29, 1.82) is 0 Å². The topological polar surface area (TPSA) is 17.1 Å². The van der Waals surface area contributed by atoms with Gasteiger partial charge in [0.05, 0.1) is 0 Å². The summed E-state index contributed by atoms with van der Waals surface area (Å²) in [7, 11) is 0. The van der Waals surface area contributed by atoms with E-state index in [4.69, 9.17) is 0 Å². The predicted molar refractivity (Wildman–Crippen MR) is 41.6 cm³/mol. The first-order valence-corrected chi connectivity index (χ1v) is 3.72. The van der Waals surface area contributed by atoms with Gasteiger partial charge >= 0.3 is 0 Å². The Balaban J connectivity index is 2.61. The molecular weight excluding hydrogens is 124 g/mol. The van der Waals surface area contributed by atoms with E-state index in [0.717, 1.165) is 6.29 Å². The van der Waals surface area contributed by atoms with Gasteiger partial charge in [0.2, 0.25) is 0 Å². The Morgan fingerprint density at radius 3 is 2.20 bits per heavy atom. The van der Waals surface area contributed by atoms with Gasteiger partial charge in [0, 0.05) is 5.92 Å². The predicted octanol–water partition coefficient (Wildman–Crippen LogP) is 2.03. The van der Waals surface area contributed by atoms with Crippen molar-refractivity contribution in [3.05, 3.63) is 12.2 Å². The fourth-order valence-electron chi connectivity index (χ4n) is 1.55. The van der Waals surface area contributed by atoms with E-state index in [-0.39, 0.29) is 11.3 Å². The third-order valence-electron chi connectivity index (χ3n) is 2.54. The highest BCUT2D eigenvalue weighted by atomic mass is 16.1. The Labute approximate surface area is 62.1 Å². The normalized spacial score (nSPS) is 36.3. The molecule has 0 bridgehead atoms. The maximum atomic E-state index is 10.4. The minimum atomic E-state index is 0.230. The van der Waals surface area contributed by atoms with Crippen LogP contribution in [0.25, 0.3) is 0 Å². The van der Waals surface area contributed by atoms with Gasteiger partial charge < -0.3 is 4.79 Å². The molecule has 1 nitrogen and oxygen atoms in total. The molecule has 0 aromatic carbocycles. The molecule has 0 saturated heterocycles. The fraction of sp³-hybridized carbons (Fsp3) is 0.667. The first kappa shape index (κ1) is 7.52. The molecule has 0 aromatic rings. The monoisotopic (exact) mass is 138 g/mol. The Morgan fingerprint density at radius 1 is 1.30 bits per heavy atom. The minimum Gasteiger partial charge on any atom is -0.303 e. The average Bonchev–Trinajstić information content (AvgIpc) is 2.36. The van der Waals surface area contributed by atoms with E-state index in [2.05, 4.69) is 19.9 Å². The molecule has 1 heteroatoms. The number of aldehydes is 1. The second kappa shape index (κ2) is 2.22. The van der Waals surface area contributed by atoms with Crippen LogP contribution < -0.4 is 0 Å². The quantitative estimate of drug-likeness (QED) is 0.421. The number of carbonyl (C=O) groups is 1. The molecule has 0 amide bonds. The first-order valence-electron chi connectivity index (χ1n) is 3.72. The van der Waals surface area contributed by atoms with Gasteiger partial charge in [-0.3, -0.25) is 0 Å². The van der Waals surface area contributed by atoms with Gasteiger partial charge in [0.25, 0.3) is 0 Å². The van der Waals surface area contributed by atoms with Gasteiger partial charge in [0.1, 0.15) is 6.29 Å². The number of hydrogen-bond acceptors (Lipinski definition) is 1. The second-order valence-corrected chi connectivity index (χ2v) is 3.53. The second-order valence-electron chi connectivity index (χ2n) is 3.53. The Hall–Kier alpha value is -0.590. The average molecular weight is 138 g/mol. The molecule has 0 heterocycles. The molecule has 1 unspecified atom stereocenters. The van der Waals surface area contributed by atoms with Crippen LogP contribution in [0.3, 0.4) is 0 Å². The smallest absolute Gasteiger partial charge is 0.124 e. The van der Waals surface area contributed by atoms with Gasteiger partial charge in [-0.15, -0.1) is 0 Å². The largest absolute Gasteiger partial charge is 0.303 e. The molecule has 0 aromatic heterocycles. The van der Waals surface area contributed by atoms with Crippen LogP contribution in [0.1, 0.15) is 20.8 Å². The molecule has 1 aliphatic carbocycles. The molecule has 1 saturated carbocycles. The van der Waals surface area contributed by atoms with Crippen molar-refractivity contribution in [3.63, 3.8) is 0 Å². The molecule has 1 aliphatic rings. The van der Waals surface area contributed by atoms with Crippen LogP contribution in [0.4, 0.5) is 0 Å². The lowest BCUT2D eigenvalue weighted by molar-refractivity contribution is -0.109. The first-order chi connectivity index (χ1) is 4.64. The van der Waals surface area contributed by atoms with Crippen molar-refractivity contribution in [2.24, 2.45) is 17.3 Å². The Bertz CT molecular complexity index is 168. The zero-order valence-corrected chi connectivity index (χ0v) is 6.79. The Kier molecular flexibility index (Phi) is 1.67. The molecule has 0 N–H and O–H groups in total. The van der Waals surface area contributed by atoms with Crippen molar-refractivity contribution >= 4 is 6.29 Å². The lowest BCUT2D eigenvalue weighted by atomic mass is 10.1. The molecular formula is C9H14O. The van der Waals surface area contributed by atoms with E-state index >= 15 is 0 Å². The lowest BCUT2D eigenvalue weighted by Gasteiger charge is -1.94. The van der Waals surface area contributed by atoms with Crippen molar-refractivity contribution < 1.29 is 4.79 Å². The van der Waals surface area contributed by atoms with Crippen molar-refractivity contribution in [2.45, 2.75) is 20.8 Å². The minimum absolute atomic E-state index is 0.230. The Morgan fingerprint density at radius 2 is 1.90 bits per heavy atom. The third-order valence-corrected chi connectivity index (χ3v) is 2.54. The van der Waals surface area contributed by atoms with Crippen LogP contribution in [0.2, 0.25) is 0 Å². The summed E-state index contributed by atoms with van der Waals surface area (Å²) in [5, 5.41) is 0. The van der Waals surface area contributed by atoms with Gasteiger partial charge in [0.15, 0.2) is 0 Å². The standard InChI is InChI=1S/C9H14O/c1-4-5-7-8(6-10)9(7,2)3/h4-8H,1-3H3/t7-,8?/m1/s1. The highest BCUT2D eigenvalue weighted by molar-refractivity contribution is 5.62. The van der Waals surface area contributed by atoms with E-state index in [0.29, 0.717) is 5.92 Å². The summed E-state index contributed by atoms with van der Waals surface area (Å²) in [6.07, 6.45) is 5.22. The molecule has 56 valence electrons. The summed E-state index contributed by atoms with van der Waals surface area (Å²) in [6, 6.07) is 0. The van der Waals surface area contributed by atoms with E-state index in [1.54, 1.807) is 0 Å². The maximum Gasteiger partial charge on any atom is 0.124 e. The van der Waals surface area contributed by atoms with E-state index in [1.165, 1.54) is 0 Å². The molecule has 10 heavy (non-hydrogen) atoms. The molecule has 0 spiro atoms. The van der Waals surface area contributed by atoms with Crippen molar-refractivity contribution in [3.8, 4) is 0 Å². The van der Waals surface area contributed by atoms with Crippen LogP contribution in [0.5, 0.6) is 0 Å². The third kappa shape index (κ3) is 0.898. The lowest BCUT2D eigenvalue weighted by Crippen LogP contribution is -1.89. The summed E-state index contributed by atoms with van der Waals surface area (Å²) >= 11 is 0. The van der Waals surface area contributed by atoms with Crippen LogP contribution in [-0.2, 0) is 4.79 Å². The maximum absolute atomic E-state index is 10.4.